The van der Waals surface area contributed by atoms with E-state index >= 15 is 0 Å². The number of hydrogen-bond acceptors (Lipinski definition) is 4. The van der Waals surface area contributed by atoms with Crippen molar-refractivity contribution >= 4 is 6.21 Å². The maximum atomic E-state index is 4.11. The van der Waals surface area contributed by atoms with E-state index in [-0.39, 0.29) is 6.17 Å². The fourth-order valence-corrected chi connectivity index (χ4v) is 2.08. The second-order valence-corrected chi connectivity index (χ2v) is 3.94. The van der Waals surface area contributed by atoms with Gasteiger partial charge in [-0.25, -0.2) is 0 Å². The van der Waals surface area contributed by atoms with Gasteiger partial charge in [0, 0.05) is 31.6 Å². The normalized spacial score (nSPS) is 23.4. The average molecular weight is 222 g/mol. The molecule has 1 aliphatic heterocycles. The molecule has 0 aliphatic carbocycles. The van der Waals surface area contributed by atoms with Gasteiger partial charge in [-0.3, -0.25) is 10.3 Å². The first-order valence-electron chi connectivity index (χ1n) is 5.57. The van der Waals surface area contributed by atoms with Gasteiger partial charge in [0.2, 0.25) is 0 Å². The van der Waals surface area contributed by atoms with Crippen LogP contribution in [-0.2, 0) is 0 Å². The molecular weight excluding hydrogens is 200 g/mol. The van der Waals surface area contributed by atoms with Crippen molar-refractivity contribution in [1.82, 2.24) is 15.5 Å². The minimum absolute atomic E-state index is 0.242. The Morgan fingerprint density at radius 3 is 2.81 bits per heavy atom. The summed E-state index contributed by atoms with van der Waals surface area (Å²) >= 11 is 0. The molecule has 0 saturated heterocycles. The van der Waals surface area contributed by atoms with Gasteiger partial charge in [0.1, 0.15) is 0 Å². The summed E-state index contributed by atoms with van der Waals surface area (Å²) < 4.78 is 0. The van der Waals surface area contributed by atoms with Crippen molar-refractivity contribution in [2.75, 3.05) is 27.8 Å². The third kappa shape index (κ3) is 2.51. The SMILES string of the molecule is CC=C(C=NC)C1=C(C)C(NC)NCN1C. The van der Waals surface area contributed by atoms with Gasteiger partial charge in [-0.15, -0.1) is 0 Å². The molecule has 1 rings (SSSR count). The van der Waals surface area contributed by atoms with E-state index < -0.39 is 0 Å². The van der Waals surface area contributed by atoms with Crippen LogP contribution in [0.1, 0.15) is 13.8 Å². The Bertz CT molecular complexity index is 328. The molecule has 1 atom stereocenters. The highest BCUT2D eigenvalue weighted by Crippen LogP contribution is 2.21. The van der Waals surface area contributed by atoms with Crippen LogP contribution in [0.25, 0.3) is 0 Å². The van der Waals surface area contributed by atoms with Gasteiger partial charge < -0.3 is 10.2 Å². The fraction of sp³-hybridized carbons (Fsp3) is 0.583. The summed E-state index contributed by atoms with van der Waals surface area (Å²) in [6.45, 7) is 5.03. The number of rotatable bonds is 3. The van der Waals surface area contributed by atoms with Crippen molar-refractivity contribution in [2.45, 2.75) is 20.0 Å². The van der Waals surface area contributed by atoms with E-state index in [9.17, 15) is 0 Å². The molecule has 0 bridgehead atoms. The van der Waals surface area contributed by atoms with Crippen molar-refractivity contribution in [3.05, 3.63) is 22.9 Å². The zero-order valence-electron chi connectivity index (χ0n) is 10.8. The highest BCUT2D eigenvalue weighted by Gasteiger charge is 2.22. The average Bonchev–Trinajstić information content (AvgIpc) is 2.28. The molecule has 0 saturated carbocycles. The number of likely N-dealkylation sites (N-methyl/N-ethyl adjacent to an activating group) is 2. The van der Waals surface area contributed by atoms with Gasteiger partial charge in [0.05, 0.1) is 12.8 Å². The number of hydrogen-bond donors (Lipinski definition) is 2. The van der Waals surface area contributed by atoms with Crippen molar-refractivity contribution in [1.29, 1.82) is 0 Å². The maximum Gasteiger partial charge on any atom is 0.0826 e. The predicted molar refractivity (Wildman–Crippen MR) is 69.5 cm³/mol. The van der Waals surface area contributed by atoms with E-state index in [1.54, 1.807) is 7.05 Å². The Morgan fingerprint density at radius 1 is 1.62 bits per heavy atom. The molecule has 1 aliphatic rings. The number of nitrogens with one attached hydrogen (secondary N) is 2. The summed E-state index contributed by atoms with van der Waals surface area (Å²) in [5.74, 6) is 0. The van der Waals surface area contributed by atoms with E-state index in [0.717, 1.165) is 6.67 Å². The fourth-order valence-electron chi connectivity index (χ4n) is 2.08. The molecule has 0 radical (unpaired) electrons. The summed E-state index contributed by atoms with van der Waals surface area (Å²) in [5.41, 5.74) is 3.72. The predicted octanol–water partition coefficient (Wildman–Crippen LogP) is 0.945. The smallest absolute Gasteiger partial charge is 0.0826 e. The van der Waals surface area contributed by atoms with Crippen LogP contribution in [-0.4, -0.2) is 45.1 Å². The lowest BCUT2D eigenvalue weighted by molar-refractivity contribution is 0.312. The van der Waals surface area contributed by atoms with Crippen LogP contribution in [0.4, 0.5) is 0 Å². The summed E-state index contributed by atoms with van der Waals surface area (Å²) in [5, 5.41) is 6.66. The van der Waals surface area contributed by atoms with Crippen LogP contribution in [0.5, 0.6) is 0 Å². The molecule has 0 fully saturated rings. The molecule has 2 N–H and O–H groups in total. The van der Waals surface area contributed by atoms with Crippen LogP contribution >= 0.6 is 0 Å². The Morgan fingerprint density at radius 2 is 2.31 bits per heavy atom. The van der Waals surface area contributed by atoms with Gasteiger partial charge in [-0.05, 0) is 26.5 Å². The quantitative estimate of drug-likeness (QED) is 0.698. The first-order valence-corrected chi connectivity index (χ1v) is 5.57. The molecule has 1 heterocycles. The monoisotopic (exact) mass is 222 g/mol. The summed E-state index contributed by atoms with van der Waals surface area (Å²) in [7, 11) is 5.86. The third-order valence-corrected chi connectivity index (χ3v) is 2.86. The Kier molecular flexibility index (Phi) is 4.71. The van der Waals surface area contributed by atoms with Gasteiger partial charge in [-0.1, -0.05) is 6.08 Å². The molecule has 0 aromatic rings. The standard InChI is InChI=1S/C12H22N4/c1-6-10(7-13-3)11-9(2)12(14-4)15-8-16(11)5/h6-7,12,14-15H,8H2,1-5H3. The van der Waals surface area contributed by atoms with E-state index in [1.807, 2.05) is 20.2 Å². The summed E-state index contributed by atoms with van der Waals surface area (Å²) in [6, 6.07) is 0. The number of nitrogens with zero attached hydrogens (tertiary/aromatic N) is 2. The number of allylic oxidation sites excluding steroid dienone is 2. The molecule has 4 heteroatoms. The van der Waals surface area contributed by atoms with Crippen LogP contribution in [0.2, 0.25) is 0 Å². The lowest BCUT2D eigenvalue weighted by Gasteiger charge is -2.35. The molecule has 0 aromatic heterocycles. The number of aliphatic imine (C=N–C) groups is 1. The molecule has 0 amide bonds. The molecule has 90 valence electrons. The molecule has 0 spiro atoms. The van der Waals surface area contributed by atoms with Crippen LogP contribution < -0.4 is 10.6 Å². The Balaban J connectivity index is 3.14. The van der Waals surface area contributed by atoms with Gasteiger partial charge in [-0.2, -0.15) is 0 Å². The lowest BCUT2D eigenvalue weighted by Crippen LogP contribution is -2.51. The first-order chi connectivity index (χ1) is 7.65. The van der Waals surface area contributed by atoms with E-state index in [1.165, 1.54) is 16.8 Å². The second kappa shape index (κ2) is 5.82. The topological polar surface area (TPSA) is 39.7 Å². The van der Waals surface area contributed by atoms with E-state index in [0.29, 0.717) is 0 Å². The zero-order valence-corrected chi connectivity index (χ0v) is 10.8. The van der Waals surface area contributed by atoms with Gasteiger partial charge in [0.25, 0.3) is 0 Å². The van der Waals surface area contributed by atoms with Crippen molar-refractivity contribution < 1.29 is 0 Å². The van der Waals surface area contributed by atoms with Gasteiger partial charge >= 0.3 is 0 Å². The van der Waals surface area contributed by atoms with Crippen LogP contribution in [0, 0.1) is 0 Å². The highest BCUT2D eigenvalue weighted by atomic mass is 15.3. The minimum atomic E-state index is 0.242. The van der Waals surface area contributed by atoms with Crippen LogP contribution in [0.15, 0.2) is 27.9 Å². The Hall–Kier alpha value is -1.13. The largest absolute Gasteiger partial charge is 0.361 e. The maximum absolute atomic E-state index is 4.11. The second-order valence-electron chi connectivity index (χ2n) is 3.94. The molecule has 4 nitrogen and oxygen atoms in total. The Labute approximate surface area is 98.1 Å². The van der Waals surface area contributed by atoms with Crippen LogP contribution in [0.3, 0.4) is 0 Å². The molecular formula is C12H22N4. The first kappa shape index (κ1) is 12.9. The zero-order chi connectivity index (χ0) is 12.1. The van der Waals surface area contributed by atoms with Crippen molar-refractivity contribution in [3.63, 3.8) is 0 Å². The lowest BCUT2D eigenvalue weighted by atomic mass is 10.0. The summed E-state index contributed by atoms with van der Waals surface area (Å²) in [4.78, 5) is 6.32. The highest BCUT2D eigenvalue weighted by molar-refractivity contribution is 5.84. The summed E-state index contributed by atoms with van der Waals surface area (Å²) in [6.07, 6.45) is 4.25. The molecule has 1 unspecified atom stereocenters. The molecule has 0 aromatic carbocycles. The van der Waals surface area contributed by atoms with Crippen molar-refractivity contribution in [3.8, 4) is 0 Å². The molecule has 16 heavy (non-hydrogen) atoms. The van der Waals surface area contributed by atoms with E-state index in [4.69, 9.17) is 0 Å². The van der Waals surface area contributed by atoms with Crippen molar-refractivity contribution in [2.24, 2.45) is 4.99 Å². The van der Waals surface area contributed by atoms with Gasteiger partial charge in [0.15, 0.2) is 0 Å². The third-order valence-electron chi connectivity index (χ3n) is 2.86. The minimum Gasteiger partial charge on any atom is -0.361 e. The van der Waals surface area contributed by atoms with E-state index in [2.05, 4.69) is 40.6 Å².